The molecule has 2 aromatic heterocycles. The molecule has 0 fully saturated rings. The molecule has 0 atom stereocenters. The minimum absolute atomic E-state index is 0.00165. The van der Waals surface area contributed by atoms with E-state index in [0.717, 1.165) is 18.5 Å². The van der Waals surface area contributed by atoms with Gasteiger partial charge >= 0.3 is 5.97 Å². The number of rotatable bonds is 4. The van der Waals surface area contributed by atoms with Crippen molar-refractivity contribution >= 4 is 17.1 Å². The summed E-state index contributed by atoms with van der Waals surface area (Å²) in [5.41, 5.74) is 1.96. The number of carbonyl (C=O) groups is 1. The highest BCUT2D eigenvalue weighted by Crippen LogP contribution is 2.28. The Labute approximate surface area is 118 Å². The lowest BCUT2D eigenvalue weighted by atomic mass is 9.89. The molecule has 0 bridgehead atoms. The Balaban J connectivity index is 2.61. The second kappa shape index (κ2) is 5.23. The van der Waals surface area contributed by atoms with E-state index in [1.807, 2.05) is 6.92 Å². The van der Waals surface area contributed by atoms with Crippen LogP contribution in [-0.2, 0) is 12.8 Å². The van der Waals surface area contributed by atoms with Gasteiger partial charge in [-0.25, -0.2) is 9.78 Å². The lowest BCUT2D eigenvalue weighted by Gasteiger charge is -2.16. The molecule has 1 N–H and O–H groups in total. The molecule has 0 radical (unpaired) electrons. The van der Waals surface area contributed by atoms with Gasteiger partial charge in [-0.05, 0) is 24.3 Å². The maximum Gasteiger partial charge on any atom is 0.336 e. The van der Waals surface area contributed by atoms with Crippen LogP contribution in [0.2, 0.25) is 0 Å². The molecule has 0 aliphatic rings. The number of fused-ring (bicyclic) bond motifs is 1. The maximum absolute atomic E-state index is 11.5. The summed E-state index contributed by atoms with van der Waals surface area (Å²) in [7, 11) is 0. The van der Waals surface area contributed by atoms with Crippen molar-refractivity contribution in [3.63, 3.8) is 0 Å². The van der Waals surface area contributed by atoms with Crippen molar-refractivity contribution in [3.8, 4) is 0 Å². The number of carboxylic acids is 1. The maximum atomic E-state index is 11.5. The first-order valence-corrected chi connectivity index (χ1v) is 6.83. The van der Waals surface area contributed by atoms with Crippen LogP contribution in [0.5, 0.6) is 0 Å². The molecule has 20 heavy (non-hydrogen) atoms. The predicted octanol–water partition coefficient (Wildman–Crippen LogP) is 3.46. The highest BCUT2D eigenvalue weighted by atomic mass is 16.5. The fourth-order valence-corrected chi connectivity index (χ4v) is 2.24. The van der Waals surface area contributed by atoms with E-state index in [1.54, 1.807) is 6.07 Å². The summed E-state index contributed by atoms with van der Waals surface area (Å²) in [5.74, 6) is -0.965. The molecule has 0 unspecified atom stereocenters. The lowest BCUT2D eigenvalue weighted by Crippen LogP contribution is -2.11. The fraction of sp³-hybridized carbons (Fsp3) is 0.533. The molecule has 0 spiro atoms. The zero-order chi connectivity index (χ0) is 14.9. The highest BCUT2D eigenvalue weighted by Gasteiger charge is 2.23. The number of hydrogen-bond donors (Lipinski definition) is 1. The Morgan fingerprint density at radius 2 is 2.10 bits per heavy atom. The van der Waals surface area contributed by atoms with Crippen molar-refractivity contribution in [1.29, 1.82) is 0 Å². The Morgan fingerprint density at radius 3 is 2.65 bits per heavy atom. The van der Waals surface area contributed by atoms with E-state index in [9.17, 15) is 9.90 Å². The molecule has 0 aromatic carbocycles. The zero-order valence-electron chi connectivity index (χ0n) is 12.4. The van der Waals surface area contributed by atoms with Crippen LogP contribution in [0.1, 0.15) is 55.9 Å². The summed E-state index contributed by atoms with van der Waals surface area (Å²) < 4.78 is 5.25. The first-order chi connectivity index (χ1) is 9.31. The highest BCUT2D eigenvalue weighted by molar-refractivity contribution is 6.02. The molecule has 0 saturated heterocycles. The second-order valence-electron chi connectivity index (χ2n) is 6.26. The van der Waals surface area contributed by atoms with Crippen LogP contribution in [0, 0.1) is 5.41 Å². The number of aryl methyl sites for hydroxylation is 1. The standard InChI is InChI=1S/C15H20N2O3/c1-5-6-9-7-10(14(18)19)12-11(8-15(2,3)4)17-20-13(12)16-9/h7H,5-6,8H2,1-4H3,(H,18,19). The number of hydrogen-bond acceptors (Lipinski definition) is 4. The van der Waals surface area contributed by atoms with Crippen LogP contribution in [0.4, 0.5) is 0 Å². The molecule has 0 aliphatic heterocycles. The van der Waals surface area contributed by atoms with E-state index < -0.39 is 5.97 Å². The summed E-state index contributed by atoms with van der Waals surface area (Å²) in [6.07, 6.45) is 2.28. The average Bonchev–Trinajstić information content (AvgIpc) is 2.69. The van der Waals surface area contributed by atoms with Gasteiger partial charge in [-0.3, -0.25) is 0 Å². The topological polar surface area (TPSA) is 76.2 Å². The molecule has 2 rings (SSSR count). The van der Waals surface area contributed by atoms with Crippen molar-refractivity contribution in [2.45, 2.75) is 47.0 Å². The first-order valence-electron chi connectivity index (χ1n) is 6.83. The quantitative estimate of drug-likeness (QED) is 0.925. The third kappa shape index (κ3) is 2.98. The van der Waals surface area contributed by atoms with Crippen molar-refractivity contribution in [1.82, 2.24) is 10.1 Å². The van der Waals surface area contributed by atoms with E-state index in [4.69, 9.17) is 4.52 Å². The van der Waals surface area contributed by atoms with Gasteiger partial charge in [0, 0.05) is 5.69 Å². The molecule has 5 nitrogen and oxygen atoms in total. The van der Waals surface area contributed by atoms with E-state index in [1.165, 1.54) is 0 Å². The third-order valence-corrected chi connectivity index (χ3v) is 3.00. The molecule has 2 heterocycles. The van der Waals surface area contributed by atoms with E-state index in [0.29, 0.717) is 23.2 Å². The second-order valence-corrected chi connectivity index (χ2v) is 6.26. The van der Waals surface area contributed by atoms with Gasteiger partial charge in [-0.15, -0.1) is 0 Å². The number of aromatic carboxylic acids is 1. The Bertz CT molecular complexity index is 638. The molecular formula is C15H20N2O3. The lowest BCUT2D eigenvalue weighted by molar-refractivity contribution is 0.0698. The van der Waals surface area contributed by atoms with Gasteiger partial charge in [0.1, 0.15) is 0 Å². The largest absolute Gasteiger partial charge is 0.478 e. The third-order valence-electron chi connectivity index (χ3n) is 3.00. The molecule has 0 amide bonds. The minimum Gasteiger partial charge on any atom is -0.478 e. The van der Waals surface area contributed by atoms with E-state index in [2.05, 4.69) is 30.9 Å². The molecular weight excluding hydrogens is 256 g/mol. The normalized spacial score (nSPS) is 12.0. The van der Waals surface area contributed by atoms with Crippen molar-refractivity contribution in [2.24, 2.45) is 5.41 Å². The summed E-state index contributed by atoms with van der Waals surface area (Å²) in [6.45, 7) is 8.25. The molecule has 108 valence electrons. The first kappa shape index (κ1) is 14.5. The Kier molecular flexibility index (Phi) is 3.79. The smallest absolute Gasteiger partial charge is 0.336 e. The Morgan fingerprint density at radius 1 is 1.40 bits per heavy atom. The SMILES string of the molecule is CCCc1cc(C(=O)O)c2c(CC(C)(C)C)noc2n1. The zero-order valence-corrected chi connectivity index (χ0v) is 12.4. The van der Waals surface area contributed by atoms with Gasteiger partial charge in [0.2, 0.25) is 0 Å². The summed E-state index contributed by atoms with van der Waals surface area (Å²) in [6, 6.07) is 1.64. The summed E-state index contributed by atoms with van der Waals surface area (Å²) in [5, 5.41) is 14.0. The van der Waals surface area contributed by atoms with Crippen LogP contribution >= 0.6 is 0 Å². The molecule has 5 heteroatoms. The number of pyridine rings is 1. The van der Waals surface area contributed by atoms with Crippen molar-refractivity contribution < 1.29 is 14.4 Å². The fourth-order valence-electron chi connectivity index (χ4n) is 2.24. The molecule has 0 saturated carbocycles. The predicted molar refractivity (Wildman–Crippen MR) is 75.9 cm³/mol. The van der Waals surface area contributed by atoms with Crippen LogP contribution in [-0.4, -0.2) is 21.2 Å². The average molecular weight is 276 g/mol. The van der Waals surface area contributed by atoms with Gasteiger partial charge in [0.05, 0.1) is 16.6 Å². The van der Waals surface area contributed by atoms with E-state index in [-0.39, 0.29) is 11.0 Å². The number of aromatic nitrogens is 2. The van der Waals surface area contributed by atoms with Gasteiger partial charge in [0.15, 0.2) is 0 Å². The number of carboxylic acid groups (broad SMARTS) is 1. The monoisotopic (exact) mass is 276 g/mol. The van der Waals surface area contributed by atoms with E-state index >= 15 is 0 Å². The number of nitrogens with zero attached hydrogens (tertiary/aromatic N) is 2. The molecule has 0 aliphatic carbocycles. The van der Waals surface area contributed by atoms with Gasteiger partial charge in [-0.1, -0.05) is 39.3 Å². The Hall–Kier alpha value is -1.91. The van der Waals surface area contributed by atoms with Crippen molar-refractivity contribution in [3.05, 3.63) is 23.0 Å². The van der Waals surface area contributed by atoms with Crippen LogP contribution in [0.25, 0.3) is 11.1 Å². The summed E-state index contributed by atoms with van der Waals surface area (Å²) in [4.78, 5) is 15.9. The minimum atomic E-state index is -0.965. The van der Waals surface area contributed by atoms with Gasteiger partial charge < -0.3 is 9.63 Å². The van der Waals surface area contributed by atoms with Gasteiger partial charge in [-0.2, -0.15) is 0 Å². The van der Waals surface area contributed by atoms with Crippen LogP contribution in [0.3, 0.4) is 0 Å². The van der Waals surface area contributed by atoms with Gasteiger partial charge in [0.25, 0.3) is 5.71 Å². The van der Waals surface area contributed by atoms with Crippen molar-refractivity contribution in [2.75, 3.05) is 0 Å². The van der Waals surface area contributed by atoms with Crippen LogP contribution in [0.15, 0.2) is 10.6 Å². The van der Waals surface area contributed by atoms with Crippen LogP contribution < -0.4 is 0 Å². The molecule has 2 aromatic rings. The summed E-state index contributed by atoms with van der Waals surface area (Å²) >= 11 is 0.